The van der Waals surface area contributed by atoms with Gasteiger partial charge in [-0.1, -0.05) is 83.1 Å². The molecule has 5 atom stereocenters. The average molecular weight is 679 g/mol. The van der Waals surface area contributed by atoms with Crippen molar-refractivity contribution in [1.82, 2.24) is 0 Å². The molecular weight excluding hydrogens is 609 g/mol. The molecule has 0 aliphatic carbocycles. The molecule has 0 aromatic heterocycles. The third-order valence-corrected chi connectivity index (χ3v) is 28.8. The summed E-state index contributed by atoms with van der Waals surface area (Å²) < 4.78 is 41.6. The molecule has 0 saturated carbocycles. The number of rotatable bonds is 10. The van der Waals surface area contributed by atoms with Gasteiger partial charge in [0, 0.05) is 6.92 Å². The van der Waals surface area contributed by atoms with Crippen molar-refractivity contribution in [2.45, 2.75) is 193 Å². The van der Waals surface area contributed by atoms with Crippen LogP contribution in [0.5, 0.6) is 0 Å². The van der Waals surface area contributed by atoms with Crippen LogP contribution < -0.4 is 0 Å². The van der Waals surface area contributed by atoms with E-state index in [-0.39, 0.29) is 32.7 Å². The van der Waals surface area contributed by atoms with E-state index in [2.05, 4.69) is 135 Å². The van der Waals surface area contributed by atoms with Crippen molar-refractivity contribution in [2.24, 2.45) is 0 Å². The van der Waals surface area contributed by atoms with Gasteiger partial charge < -0.3 is 27.2 Å². The van der Waals surface area contributed by atoms with Gasteiger partial charge in [0.05, 0.1) is 0 Å². The van der Waals surface area contributed by atoms with Crippen molar-refractivity contribution in [2.75, 3.05) is 6.61 Å². The molecule has 0 aromatic rings. The minimum Gasteiger partial charge on any atom is -0.463 e. The van der Waals surface area contributed by atoms with E-state index in [0.29, 0.717) is 0 Å². The van der Waals surface area contributed by atoms with Gasteiger partial charge >= 0.3 is 5.97 Å². The number of hydrogen-bond acceptors (Lipinski definition) is 7. The maximum absolute atomic E-state index is 12.1. The SMILES string of the molecule is CC(=O)OC[C@H]1OC(O[Si](C)(C)C(C)(C)C)[C@H](O[Si](C)(C)C(C)(C)C)[C@@H](O[Si](C)(C)C(C)(C)C)[C@H]1O[Si](C)(C)C(C)(C)C. The fourth-order valence-electron chi connectivity index (χ4n) is 3.73. The molecule has 1 unspecified atom stereocenters. The fourth-order valence-corrected chi connectivity index (χ4v) is 8.75. The molecule has 0 spiro atoms. The van der Waals surface area contributed by atoms with Crippen molar-refractivity contribution < 1.29 is 32.0 Å². The molecule has 0 aromatic carbocycles. The van der Waals surface area contributed by atoms with E-state index in [1.165, 1.54) is 6.92 Å². The Morgan fingerprint density at radius 1 is 0.535 bits per heavy atom. The van der Waals surface area contributed by atoms with E-state index in [9.17, 15) is 4.79 Å². The van der Waals surface area contributed by atoms with Crippen molar-refractivity contribution in [3.63, 3.8) is 0 Å². The monoisotopic (exact) mass is 678 g/mol. The summed E-state index contributed by atoms with van der Waals surface area (Å²) in [6.45, 7) is 46.5. The van der Waals surface area contributed by atoms with Crippen LogP contribution in [0.2, 0.25) is 72.5 Å². The Morgan fingerprint density at radius 2 is 0.837 bits per heavy atom. The molecule has 11 heteroatoms. The molecule has 0 amide bonds. The van der Waals surface area contributed by atoms with Crippen LogP contribution in [0.1, 0.15) is 90.0 Å². The van der Waals surface area contributed by atoms with Crippen LogP contribution in [-0.2, 0) is 32.0 Å². The number of hydrogen-bond donors (Lipinski definition) is 0. The number of ether oxygens (including phenoxy) is 2. The molecule has 1 heterocycles. The van der Waals surface area contributed by atoms with Gasteiger partial charge in [-0.3, -0.25) is 4.79 Å². The lowest BCUT2D eigenvalue weighted by Crippen LogP contribution is -2.69. The summed E-state index contributed by atoms with van der Waals surface area (Å²) in [5, 5.41) is -0.186. The van der Waals surface area contributed by atoms with Crippen LogP contribution in [0.25, 0.3) is 0 Å². The van der Waals surface area contributed by atoms with E-state index in [1.807, 2.05) is 0 Å². The van der Waals surface area contributed by atoms with Crippen LogP contribution in [0, 0.1) is 0 Å². The number of carbonyl (C=O) groups excluding carboxylic acids is 1. The summed E-state index contributed by atoms with van der Waals surface area (Å²) in [5.74, 6) is -0.349. The second-order valence-corrected chi connectivity index (χ2v) is 37.8. The van der Waals surface area contributed by atoms with Crippen LogP contribution >= 0.6 is 0 Å². The first-order valence-electron chi connectivity index (χ1n) is 16.2. The summed E-state index contributed by atoms with van der Waals surface area (Å²) in [6.07, 6.45) is -2.73. The quantitative estimate of drug-likeness (QED) is 0.168. The molecule has 1 aliphatic heterocycles. The normalized spacial score (nSPS) is 25.6. The molecule has 0 N–H and O–H groups in total. The third kappa shape index (κ3) is 10.3. The van der Waals surface area contributed by atoms with Gasteiger partial charge in [0.25, 0.3) is 0 Å². The summed E-state index contributed by atoms with van der Waals surface area (Å²) >= 11 is 0. The lowest BCUT2D eigenvalue weighted by molar-refractivity contribution is -0.272. The van der Waals surface area contributed by atoms with E-state index in [1.54, 1.807) is 0 Å². The van der Waals surface area contributed by atoms with E-state index in [0.717, 1.165) is 0 Å². The molecule has 43 heavy (non-hydrogen) atoms. The first kappa shape index (κ1) is 41.2. The highest BCUT2D eigenvalue weighted by Gasteiger charge is 2.58. The molecule has 256 valence electrons. The molecular formula is C32H70O7Si4. The summed E-state index contributed by atoms with van der Waals surface area (Å²) in [5.41, 5.74) is 0. The Kier molecular flexibility index (Phi) is 12.8. The van der Waals surface area contributed by atoms with Crippen molar-refractivity contribution in [3.8, 4) is 0 Å². The maximum Gasteiger partial charge on any atom is 0.302 e. The standard InChI is InChI=1S/C32H70O7Si4/c1-23(33)34-22-24-25(36-40(14,15)29(2,3)4)26(37-41(16,17)30(5,6)7)27(38-42(18,19)31(8,9)10)28(35-24)39-43(20,21)32(11,12)13/h24-28H,22H2,1-21H3/t24-,25+,26+,27-,28?/m1/s1. The first-order valence-corrected chi connectivity index (χ1v) is 27.8. The van der Waals surface area contributed by atoms with Gasteiger partial charge in [-0.05, 0) is 72.5 Å². The zero-order valence-corrected chi connectivity index (χ0v) is 36.0. The van der Waals surface area contributed by atoms with Crippen LogP contribution in [-0.4, -0.2) is 76.6 Å². The van der Waals surface area contributed by atoms with Gasteiger partial charge in [0.15, 0.2) is 39.6 Å². The van der Waals surface area contributed by atoms with Crippen LogP contribution in [0.3, 0.4) is 0 Å². The third-order valence-electron chi connectivity index (χ3n) is 11.0. The summed E-state index contributed by atoms with van der Waals surface area (Å²) in [7, 11) is -9.36. The molecule has 1 rings (SSSR count). The van der Waals surface area contributed by atoms with Gasteiger partial charge in [0.2, 0.25) is 0 Å². The molecule has 1 saturated heterocycles. The Balaban J connectivity index is 4.04. The predicted molar refractivity (Wildman–Crippen MR) is 190 cm³/mol. The molecule has 0 bridgehead atoms. The predicted octanol–water partition coefficient (Wildman–Crippen LogP) is 9.47. The molecule has 1 aliphatic rings. The lowest BCUT2D eigenvalue weighted by atomic mass is 9.99. The minimum absolute atomic E-state index is 0.0412. The largest absolute Gasteiger partial charge is 0.463 e. The summed E-state index contributed by atoms with van der Waals surface area (Å²) in [6, 6.07) is 0. The fraction of sp³-hybridized carbons (Fsp3) is 0.969. The summed E-state index contributed by atoms with van der Waals surface area (Å²) in [4.78, 5) is 12.1. The lowest BCUT2D eigenvalue weighted by Gasteiger charge is -2.55. The Morgan fingerprint density at radius 3 is 1.16 bits per heavy atom. The Bertz CT molecular complexity index is 937. The topological polar surface area (TPSA) is 72.5 Å². The highest BCUT2D eigenvalue weighted by atomic mass is 28.4. The van der Waals surface area contributed by atoms with Gasteiger partial charge in [-0.15, -0.1) is 0 Å². The van der Waals surface area contributed by atoms with E-state index >= 15 is 0 Å². The van der Waals surface area contributed by atoms with E-state index in [4.69, 9.17) is 27.2 Å². The van der Waals surface area contributed by atoms with Crippen molar-refractivity contribution in [3.05, 3.63) is 0 Å². The smallest absolute Gasteiger partial charge is 0.302 e. The highest BCUT2D eigenvalue weighted by Crippen LogP contribution is 2.47. The van der Waals surface area contributed by atoms with Crippen molar-refractivity contribution in [1.29, 1.82) is 0 Å². The van der Waals surface area contributed by atoms with Crippen molar-refractivity contribution >= 4 is 39.2 Å². The highest BCUT2D eigenvalue weighted by molar-refractivity contribution is 6.75. The van der Waals surface area contributed by atoms with Crippen LogP contribution in [0.4, 0.5) is 0 Å². The number of carbonyl (C=O) groups is 1. The molecule has 0 radical (unpaired) electrons. The molecule has 1 fully saturated rings. The first-order chi connectivity index (χ1) is 18.7. The second kappa shape index (κ2) is 13.3. The van der Waals surface area contributed by atoms with Gasteiger partial charge in [0.1, 0.15) is 31.0 Å². The van der Waals surface area contributed by atoms with E-state index < -0.39 is 64.0 Å². The Hall–Kier alpha value is 0.138. The van der Waals surface area contributed by atoms with Gasteiger partial charge in [-0.2, -0.15) is 0 Å². The Labute approximate surface area is 270 Å². The zero-order chi connectivity index (χ0) is 34.4. The number of esters is 1. The van der Waals surface area contributed by atoms with Crippen LogP contribution in [0.15, 0.2) is 0 Å². The van der Waals surface area contributed by atoms with Gasteiger partial charge in [-0.25, -0.2) is 0 Å². The maximum atomic E-state index is 12.1. The minimum atomic E-state index is -2.35. The zero-order valence-electron chi connectivity index (χ0n) is 32.0. The molecule has 7 nitrogen and oxygen atoms in total. The second-order valence-electron chi connectivity index (χ2n) is 18.8. The average Bonchev–Trinajstić information content (AvgIpc) is 2.72.